The molecule has 5 aromatic carbocycles. The Morgan fingerprint density at radius 3 is 2.13 bits per heavy atom. The van der Waals surface area contributed by atoms with E-state index >= 15 is 0 Å². The van der Waals surface area contributed by atoms with Crippen LogP contribution in [0.25, 0.3) is 16.0 Å². The van der Waals surface area contributed by atoms with E-state index in [1.54, 1.807) is 29.0 Å². The molecule has 3 aliphatic heterocycles. The number of β-amino-alcohol motifs (C(OH)–C–C–N with tert-alkyl or cyclic N) is 1. The van der Waals surface area contributed by atoms with Crippen LogP contribution in [0.5, 0.6) is 0 Å². The number of hydrogen-bond donors (Lipinski definition) is 6. The number of nitrogens with one attached hydrogen (secondary N) is 5. The summed E-state index contributed by atoms with van der Waals surface area (Å²) in [6.07, 6.45) is 2.91. The number of thiazole rings is 1. The van der Waals surface area contributed by atoms with Crippen LogP contribution in [-0.2, 0) is 43.8 Å². The number of carbonyl (C=O) groups excluding carboxylic acids is 5. The van der Waals surface area contributed by atoms with E-state index in [2.05, 4.69) is 47.9 Å². The maximum absolute atomic E-state index is 14.4. The number of aryl methyl sites for hydroxylation is 1. The molecule has 3 fully saturated rings. The standard InChI is InChI=1S/C76H94ClF3N10O11S4/c1-50(52-16-18-54(19-17-52)69-51(2)82-49-103-69)83-72(95)65-42-60(91)46-90(65)73(96)70(74(3,4)5)85-68(93)15-11-10-14-67(92)81-48-75(6)32-30-63(53-20-24-57(77)25-21-53)56(44-75)45-88-34-36-89(37-35-88)59-26-22-55(23-27-59)71(94)86-105(99,100)62-28-29-64(66(43-62)104(97,98)76(78,79)80)84-58(31-33-87-38-40-101-41-39-87)47-102-61-12-8-7-9-13-61/h7-9,12-13,16-29,43,49-50,58,60,65,70,84,91H,10-11,14-15,30-42,44-48H2,1-6H3,(H,81,92)(H,83,95)(H,85,93)(H,86,94). The van der Waals surface area contributed by atoms with Crippen LogP contribution in [0.3, 0.4) is 0 Å². The van der Waals surface area contributed by atoms with E-state index in [-0.39, 0.29) is 48.6 Å². The van der Waals surface area contributed by atoms with E-state index in [4.69, 9.17) is 16.3 Å². The van der Waals surface area contributed by atoms with Gasteiger partial charge in [0.15, 0.2) is 0 Å². The number of halogens is 4. The van der Waals surface area contributed by atoms with E-state index in [1.807, 2.05) is 118 Å². The molecule has 0 bridgehead atoms. The van der Waals surface area contributed by atoms with Crippen molar-refractivity contribution in [3.05, 3.63) is 160 Å². The molecule has 566 valence electrons. The molecule has 0 spiro atoms. The fourth-order valence-corrected chi connectivity index (χ4v) is 17.7. The van der Waals surface area contributed by atoms with Crippen LogP contribution in [0.2, 0.25) is 5.02 Å². The molecule has 21 nitrogen and oxygen atoms in total. The number of piperazine rings is 1. The molecule has 3 saturated heterocycles. The van der Waals surface area contributed by atoms with Gasteiger partial charge in [0.1, 0.15) is 17.0 Å². The Labute approximate surface area is 626 Å². The number of allylic oxidation sites excluding steroid dienone is 1. The van der Waals surface area contributed by atoms with Crippen molar-refractivity contribution >= 4 is 101 Å². The highest BCUT2D eigenvalue weighted by Crippen LogP contribution is 2.44. The van der Waals surface area contributed by atoms with Crippen molar-refractivity contribution in [2.75, 3.05) is 94.6 Å². The summed E-state index contributed by atoms with van der Waals surface area (Å²) < 4.78 is 105. The van der Waals surface area contributed by atoms with E-state index < -0.39 is 94.3 Å². The van der Waals surface area contributed by atoms with Crippen LogP contribution in [0.4, 0.5) is 24.5 Å². The summed E-state index contributed by atoms with van der Waals surface area (Å²) in [5.41, 5.74) is 1.64. The molecular weight excluding hydrogens is 1450 g/mol. The first-order chi connectivity index (χ1) is 49.8. The first-order valence-corrected chi connectivity index (χ1v) is 40.7. The molecule has 6 atom stereocenters. The minimum absolute atomic E-state index is 0.0553. The van der Waals surface area contributed by atoms with E-state index in [1.165, 1.54) is 39.9 Å². The lowest BCUT2D eigenvalue weighted by atomic mass is 9.71. The Morgan fingerprint density at radius 2 is 1.49 bits per heavy atom. The number of aliphatic hydroxyl groups excluding tert-OH is 1. The summed E-state index contributed by atoms with van der Waals surface area (Å²) in [5.74, 6) is -2.10. The lowest BCUT2D eigenvalue weighted by molar-refractivity contribution is -0.144. The van der Waals surface area contributed by atoms with Crippen molar-refractivity contribution in [3.8, 4) is 10.4 Å². The lowest BCUT2D eigenvalue weighted by Gasteiger charge is -2.41. The van der Waals surface area contributed by atoms with Gasteiger partial charge in [-0.1, -0.05) is 99.5 Å². The molecule has 6 N–H and O–H groups in total. The molecule has 1 aliphatic carbocycles. The number of aliphatic hydroxyl groups is 1. The third kappa shape index (κ3) is 21.3. The Bertz CT molecular complexity index is 4290. The zero-order valence-electron chi connectivity index (χ0n) is 60.0. The number of rotatable bonds is 29. The monoisotopic (exact) mass is 1540 g/mol. The smallest absolute Gasteiger partial charge is 0.391 e. The fraction of sp³-hybridized carbons (Fsp3) is 0.474. The highest BCUT2D eigenvalue weighted by atomic mass is 35.5. The number of sulfonamides is 1. The molecule has 4 aliphatic rings. The maximum atomic E-state index is 14.4. The van der Waals surface area contributed by atoms with Crippen molar-refractivity contribution in [3.63, 3.8) is 0 Å². The Hall–Kier alpha value is -7.41. The average molecular weight is 1540 g/mol. The van der Waals surface area contributed by atoms with Crippen molar-refractivity contribution in [2.24, 2.45) is 10.8 Å². The van der Waals surface area contributed by atoms with Crippen LogP contribution in [0.1, 0.15) is 126 Å². The number of nitrogens with zero attached hydrogens (tertiary/aromatic N) is 5. The Kier molecular flexibility index (Phi) is 26.8. The number of alkyl halides is 3. The summed E-state index contributed by atoms with van der Waals surface area (Å²) in [6.45, 7) is 18.0. The molecule has 105 heavy (non-hydrogen) atoms. The fourth-order valence-electron chi connectivity index (χ4n) is 13.8. The van der Waals surface area contributed by atoms with Crippen LogP contribution >= 0.6 is 34.7 Å². The summed E-state index contributed by atoms with van der Waals surface area (Å²) in [4.78, 5) is 81.1. The van der Waals surface area contributed by atoms with Gasteiger partial charge in [-0.3, -0.25) is 33.8 Å². The second-order valence-electron chi connectivity index (χ2n) is 29.0. The number of sulfone groups is 1. The normalized spacial score (nSPS) is 19.5. The number of anilines is 2. The molecule has 1 aromatic heterocycles. The average Bonchev–Trinajstić information content (AvgIpc) is 0.941. The molecule has 29 heteroatoms. The molecule has 0 saturated carbocycles. The van der Waals surface area contributed by atoms with Gasteiger partial charge in [-0.15, -0.1) is 23.1 Å². The largest absolute Gasteiger partial charge is 0.501 e. The van der Waals surface area contributed by atoms with Gasteiger partial charge in [-0.25, -0.2) is 26.5 Å². The molecule has 6 unspecified atom stereocenters. The zero-order chi connectivity index (χ0) is 75.4. The maximum Gasteiger partial charge on any atom is 0.501 e. The number of unbranched alkanes of at least 4 members (excludes halogenated alkanes) is 1. The lowest BCUT2D eigenvalue weighted by Crippen LogP contribution is -2.57. The summed E-state index contributed by atoms with van der Waals surface area (Å²) in [5, 5.41) is 23.6. The summed E-state index contributed by atoms with van der Waals surface area (Å²) >= 11 is 9.34. The molecule has 0 radical (unpaired) electrons. The van der Waals surface area contributed by atoms with Gasteiger partial charge in [-0.2, -0.15) is 13.2 Å². The van der Waals surface area contributed by atoms with Gasteiger partial charge in [0.25, 0.3) is 25.8 Å². The van der Waals surface area contributed by atoms with E-state index in [0.29, 0.717) is 115 Å². The van der Waals surface area contributed by atoms with E-state index in [0.717, 1.165) is 62.8 Å². The van der Waals surface area contributed by atoms with Gasteiger partial charge in [0.05, 0.1) is 52.0 Å². The second kappa shape index (κ2) is 35.1. The molecule has 6 aromatic rings. The first-order valence-electron chi connectivity index (χ1n) is 35.5. The number of likely N-dealkylation sites (tertiary alicyclic amines) is 1. The number of ether oxygens (including phenoxy) is 1. The molecule has 10 rings (SSSR count). The van der Waals surface area contributed by atoms with Crippen LogP contribution in [0, 0.1) is 17.8 Å². The third-order valence-corrected chi connectivity index (χ3v) is 25.1. The zero-order valence-corrected chi connectivity index (χ0v) is 64.0. The number of amides is 5. The van der Waals surface area contributed by atoms with Crippen LogP contribution in [0.15, 0.2) is 147 Å². The quantitative estimate of drug-likeness (QED) is 0.0188. The van der Waals surface area contributed by atoms with Crippen LogP contribution in [-0.4, -0.2) is 185 Å². The van der Waals surface area contributed by atoms with Gasteiger partial charge >= 0.3 is 5.51 Å². The predicted molar refractivity (Wildman–Crippen MR) is 404 cm³/mol. The van der Waals surface area contributed by atoms with Gasteiger partial charge in [-0.05, 0) is 152 Å². The minimum Gasteiger partial charge on any atom is -0.391 e. The third-order valence-electron chi connectivity index (χ3n) is 19.9. The minimum atomic E-state index is -6.12. The van der Waals surface area contributed by atoms with Crippen molar-refractivity contribution in [2.45, 2.75) is 150 Å². The topological polar surface area (TPSA) is 269 Å². The number of morpholine rings is 1. The number of aromatic nitrogens is 1. The molecule has 5 amide bonds. The number of thioether (sulfide) groups is 1. The van der Waals surface area contributed by atoms with Crippen LogP contribution < -0.4 is 30.9 Å². The Morgan fingerprint density at radius 1 is 0.819 bits per heavy atom. The van der Waals surface area contributed by atoms with Crippen molar-refractivity contribution in [1.29, 1.82) is 0 Å². The molecule has 4 heterocycles. The highest BCUT2D eigenvalue weighted by molar-refractivity contribution is 7.99. The van der Waals surface area contributed by atoms with Crippen molar-refractivity contribution < 1.29 is 63.8 Å². The van der Waals surface area contributed by atoms with Gasteiger partial charge < -0.3 is 40.9 Å². The number of hydrogen-bond acceptors (Lipinski definition) is 18. The SMILES string of the molecule is Cc1ncsc1-c1ccc(C(C)NC(=O)C2CC(O)CN2C(=O)C(NC(=O)CCCCC(=O)NCC2(C)CCC(c3ccc(Cl)cc3)=C(CN3CCN(c4ccc(C(=O)NS(=O)(=O)c5ccc(NC(CCN6CCOCC6)CSc6ccccc6)c(S(=O)(=O)C(F)(F)F)c5)cc4)CC3)C2)C(C)(C)C)cc1. The summed E-state index contributed by atoms with van der Waals surface area (Å²) in [6, 6.07) is 30.7. The predicted octanol–water partition coefficient (Wildman–Crippen LogP) is 11.3. The van der Waals surface area contributed by atoms with E-state index in [9.17, 15) is 59.1 Å². The first kappa shape index (κ1) is 80.1. The van der Waals surface area contributed by atoms with Crippen molar-refractivity contribution in [1.82, 2.24) is 40.4 Å². The summed E-state index contributed by atoms with van der Waals surface area (Å²) in [7, 11) is -11.0. The van der Waals surface area contributed by atoms with Gasteiger partial charge in [0, 0.05) is 118 Å². The molecular formula is C76H94ClF3N10O11S4. The number of benzene rings is 5. The van der Waals surface area contributed by atoms with Gasteiger partial charge in [0.2, 0.25) is 23.6 Å². The highest BCUT2D eigenvalue weighted by Gasteiger charge is 2.49. The number of carbonyl (C=O) groups is 5. The second-order valence-corrected chi connectivity index (χ2v) is 35.0. The Balaban J connectivity index is 0.698.